The number of hydrogen-bond donors (Lipinski definition) is 4. The average Bonchev–Trinajstić information content (AvgIpc) is 2.27. The Bertz CT molecular complexity index is 326. The van der Waals surface area contributed by atoms with Crippen LogP contribution in [0.4, 0.5) is 4.79 Å². The lowest BCUT2D eigenvalue weighted by molar-refractivity contribution is -0.140. The lowest BCUT2D eigenvalue weighted by Crippen LogP contribution is -2.54. The van der Waals surface area contributed by atoms with Crippen molar-refractivity contribution in [2.45, 2.75) is 51.6 Å². The van der Waals surface area contributed by atoms with Crippen LogP contribution in [0.3, 0.4) is 0 Å². The highest BCUT2D eigenvalue weighted by Crippen LogP contribution is 2.13. The number of carbonyl (C=O) groups excluding carboxylic acids is 2. The molecule has 7 nitrogen and oxygen atoms in total. The van der Waals surface area contributed by atoms with Gasteiger partial charge in [0.15, 0.2) is 0 Å². The fourth-order valence-corrected chi connectivity index (χ4v) is 1.30. The smallest absolute Gasteiger partial charge is 0.326 e. The largest absolute Gasteiger partial charge is 0.480 e. The van der Waals surface area contributed by atoms with Gasteiger partial charge in [0, 0.05) is 5.54 Å². The SMILES string of the molecule is CCC(C)(CC)NC(=O)N[C@@H](CC(N)=O)C(=O)O. The van der Waals surface area contributed by atoms with E-state index in [0.717, 1.165) is 0 Å². The van der Waals surface area contributed by atoms with Crippen molar-refractivity contribution in [3.8, 4) is 0 Å². The first-order chi connectivity index (χ1) is 8.24. The summed E-state index contributed by atoms with van der Waals surface area (Å²) < 4.78 is 0. The van der Waals surface area contributed by atoms with Crippen LogP contribution < -0.4 is 16.4 Å². The third kappa shape index (κ3) is 5.51. The molecule has 104 valence electrons. The second-order valence-electron chi connectivity index (χ2n) is 4.43. The summed E-state index contributed by atoms with van der Waals surface area (Å²) in [6, 6.07) is -1.92. The zero-order chi connectivity index (χ0) is 14.3. The molecule has 1 atom stereocenters. The number of amides is 3. The summed E-state index contributed by atoms with van der Waals surface area (Å²) in [6.07, 6.45) is 0.993. The maximum absolute atomic E-state index is 11.6. The second-order valence-corrected chi connectivity index (χ2v) is 4.43. The Hall–Kier alpha value is -1.79. The molecule has 5 N–H and O–H groups in total. The maximum atomic E-state index is 11.6. The second kappa shape index (κ2) is 6.83. The zero-order valence-corrected chi connectivity index (χ0v) is 10.9. The van der Waals surface area contributed by atoms with Crippen LogP contribution in [0.1, 0.15) is 40.0 Å². The van der Waals surface area contributed by atoms with Crippen molar-refractivity contribution < 1.29 is 19.5 Å². The van der Waals surface area contributed by atoms with E-state index >= 15 is 0 Å². The summed E-state index contributed by atoms with van der Waals surface area (Å²) in [6.45, 7) is 5.69. The van der Waals surface area contributed by atoms with Gasteiger partial charge in [0.25, 0.3) is 0 Å². The van der Waals surface area contributed by atoms with E-state index in [1.807, 2.05) is 20.8 Å². The molecule has 0 unspecified atom stereocenters. The number of carboxylic acids is 1. The molecule has 0 aliphatic carbocycles. The average molecular weight is 259 g/mol. The standard InChI is InChI=1S/C11H21N3O4/c1-4-11(3,5-2)14-10(18)13-7(9(16)17)6-8(12)15/h7H,4-6H2,1-3H3,(H2,12,15)(H,16,17)(H2,13,14,18)/t7-/m0/s1. The Morgan fingerprint density at radius 3 is 2.11 bits per heavy atom. The van der Waals surface area contributed by atoms with Gasteiger partial charge in [-0.25, -0.2) is 9.59 Å². The number of urea groups is 1. The minimum absolute atomic E-state index is 0.403. The topological polar surface area (TPSA) is 122 Å². The highest BCUT2D eigenvalue weighted by atomic mass is 16.4. The van der Waals surface area contributed by atoms with Crippen LogP contribution in [0.15, 0.2) is 0 Å². The van der Waals surface area contributed by atoms with Gasteiger partial charge < -0.3 is 21.5 Å². The number of rotatable bonds is 7. The first kappa shape index (κ1) is 16.2. The molecule has 3 amide bonds. The molecule has 0 fully saturated rings. The van der Waals surface area contributed by atoms with Gasteiger partial charge in [0.1, 0.15) is 6.04 Å². The third-order valence-corrected chi connectivity index (χ3v) is 2.98. The van der Waals surface area contributed by atoms with E-state index in [9.17, 15) is 14.4 Å². The molecule has 7 heteroatoms. The van der Waals surface area contributed by atoms with Crippen molar-refractivity contribution in [3.63, 3.8) is 0 Å². The van der Waals surface area contributed by atoms with Crippen LogP contribution in [0.5, 0.6) is 0 Å². The van der Waals surface area contributed by atoms with Crippen LogP contribution in [-0.4, -0.2) is 34.6 Å². The van der Waals surface area contributed by atoms with Crippen molar-refractivity contribution in [1.82, 2.24) is 10.6 Å². The fraction of sp³-hybridized carbons (Fsp3) is 0.727. The Balaban J connectivity index is 4.52. The highest BCUT2D eigenvalue weighted by Gasteiger charge is 2.26. The van der Waals surface area contributed by atoms with Crippen LogP contribution in [0, 0.1) is 0 Å². The number of carboxylic acid groups (broad SMARTS) is 1. The van der Waals surface area contributed by atoms with E-state index in [2.05, 4.69) is 10.6 Å². The Labute approximate surface area is 106 Å². The predicted molar refractivity (Wildman–Crippen MR) is 65.9 cm³/mol. The molecule has 0 radical (unpaired) electrons. The first-order valence-corrected chi connectivity index (χ1v) is 5.84. The normalized spacial score (nSPS) is 12.6. The molecule has 0 bridgehead atoms. The predicted octanol–water partition coefficient (Wildman–Crippen LogP) is 0.193. The molecular weight excluding hydrogens is 238 g/mol. The minimum atomic E-state index is -1.31. The zero-order valence-electron chi connectivity index (χ0n) is 10.9. The van der Waals surface area contributed by atoms with E-state index in [-0.39, 0.29) is 0 Å². The molecule has 0 saturated carbocycles. The van der Waals surface area contributed by atoms with Crippen molar-refractivity contribution >= 4 is 17.9 Å². The van der Waals surface area contributed by atoms with E-state index in [0.29, 0.717) is 12.8 Å². The summed E-state index contributed by atoms with van der Waals surface area (Å²) >= 11 is 0. The summed E-state index contributed by atoms with van der Waals surface area (Å²) in [7, 11) is 0. The van der Waals surface area contributed by atoms with E-state index in [4.69, 9.17) is 10.8 Å². The molecule has 0 spiro atoms. The molecule has 0 aromatic heterocycles. The summed E-state index contributed by atoms with van der Waals surface area (Å²) in [5.74, 6) is -2.07. The number of primary amides is 1. The van der Waals surface area contributed by atoms with Gasteiger partial charge >= 0.3 is 12.0 Å². The van der Waals surface area contributed by atoms with Crippen LogP contribution >= 0.6 is 0 Å². The lowest BCUT2D eigenvalue weighted by Gasteiger charge is -2.29. The Kier molecular flexibility index (Phi) is 6.15. The van der Waals surface area contributed by atoms with Gasteiger partial charge in [-0.2, -0.15) is 0 Å². The number of nitrogens with one attached hydrogen (secondary N) is 2. The van der Waals surface area contributed by atoms with Gasteiger partial charge in [-0.3, -0.25) is 4.79 Å². The van der Waals surface area contributed by atoms with Crippen LogP contribution in [0.2, 0.25) is 0 Å². The number of aliphatic carboxylic acids is 1. The quantitative estimate of drug-likeness (QED) is 0.521. The minimum Gasteiger partial charge on any atom is -0.480 e. The summed E-state index contributed by atoms with van der Waals surface area (Å²) in [4.78, 5) is 33.1. The van der Waals surface area contributed by atoms with Gasteiger partial charge in [-0.1, -0.05) is 13.8 Å². The fourth-order valence-electron chi connectivity index (χ4n) is 1.30. The molecule has 0 aliphatic rings. The van der Waals surface area contributed by atoms with Gasteiger partial charge in [0.05, 0.1) is 6.42 Å². The number of nitrogens with two attached hydrogens (primary N) is 1. The third-order valence-electron chi connectivity index (χ3n) is 2.98. The Morgan fingerprint density at radius 2 is 1.78 bits per heavy atom. The molecule has 0 aliphatic heterocycles. The first-order valence-electron chi connectivity index (χ1n) is 5.84. The molecule has 0 heterocycles. The lowest BCUT2D eigenvalue weighted by atomic mass is 9.96. The van der Waals surface area contributed by atoms with Crippen molar-refractivity contribution in [2.75, 3.05) is 0 Å². The van der Waals surface area contributed by atoms with Crippen molar-refractivity contribution in [3.05, 3.63) is 0 Å². The molecule has 0 saturated heterocycles. The van der Waals surface area contributed by atoms with Gasteiger partial charge in [0.2, 0.25) is 5.91 Å². The highest BCUT2D eigenvalue weighted by molar-refractivity contribution is 5.87. The summed E-state index contributed by atoms with van der Waals surface area (Å²) in [5.41, 5.74) is 4.51. The van der Waals surface area contributed by atoms with E-state index in [1.165, 1.54) is 0 Å². The van der Waals surface area contributed by atoms with E-state index in [1.54, 1.807) is 0 Å². The summed E-state index contributed by atoms with van der Waals surface area (Å²) in [5, 5.41) is 13.7. The molecule has 0 rings (SSSR count). The van der Waals surface area contributed by atoms with Gasteiger partial charge in [-0.05, 0) is 19.8 Å². The number of carbonyl (C=O) groups is 3. The number of hydrogen-bond acceptors (Lipinski definition) is 3. The molecular formula is C11H21N3O4. The van der Waals surface area contributed by atoms with Crippen LogP contribution in [-0.2, 0) is 9.59 Å². The maximum Gasteiger partial charge on any atom is 0.326 e. The van der Waals surface area contributed by atoms with Crippen molar-refractivity contribution in [1.29, 1.82) is 0 Å². The van der Waals surface area contributed by atoms with Gasteiger partial charge in [-0.15, -0.1) is 0 Å². The monoisotopic (exact) mass is 259 g/mol. The molecule has 0 aromatic rings. The van der Waals surface area contributed by atoms with Crippen molar-refractivity contribution in [2.24, 2.45) is 5.73 Å². The Morgan fingerprint density at radius 1 is 1.28 bits per heavy atom. The van der Waals surface area contributed by atoms with E-state index < -0.39 is 35.9 Å². The molecule has 0 aromatic carbocycles. The van der Waals surface area contributed by atoms with Crippen LogP contribution in [0.25, 0.3) is 0 Å². The molecule has 18 heavy (non-hydrogen) atoms.